The van der Waals surface area contributed by atoms with Crippen LogP contribution in [0.3, 0.4) is 0 Å². The van der Waals surface area contributed by atoms with Gasteiger partial charge in [-0.2, -0.15) is 5.26 Å². The normalized spacial score (nSPS) is 23.0. The summed E-state index contributed by atoms with van der Waals surface area (Å²) in [6.45, 7) is 0. The van der Waals surface area contributed by atoms with Crippen LogP contribution in [0.25, 0.3) is 0 Å². The molecule has 4 nitrogen and oxygen atoms in total. The molecule has 1 fully saturated rings. The summed E-state index contributed by atoms with van der Waals surface area (Å²) in [5.41, 5.74) is 1.99. The zero-order chi connectivity index (χ0) is 14.6. The number of nitrogens with zero attached hydrogens (tertiary/aromatic N) is 1. The van der Waals surface area contributed by atoms with Crippen LogP contribution >= 0.6 is 0 Å². The highest BCUT2D eigenvalue weighted by atomic mass is 32.2. The molecule has 5 heteroatoms. The first-order valence-electron chi connectivity index (χ1n) is 6.90. The fourth-order valence-corrected chi connectivity index (χ4v) is 3.89. The molecule has 2 rings (SSSR count). The number of rotatable bonds is 4. The van der Waals surface area contributed by atoms with Gasteiger partial charge in [0.2, 0.25) is 0 Å². The van der Waals surface area contributed by atoms with E-state index >= 15 is 0 Å². The molecule has 20 heavy (non-hydrogen) atoms. The average molecular weight is 292 g/mol. The first-order valence-corrected chi connectivity index (χ1v) is 8.86. The van der Waals surface area contributed by atoms with E-state index in [0.29, 0.717) is 12.8 Å². The van der Waals surface area contributed by atoms with Gasteiger partial charge in [0.25, 0.3) is 0 Å². The van der Waals surface area contributed by atoms with Gasteiger partial charge >= 0.3 is 0 Å². The van der Waals surface area contributed by atoms with Crippen LogP contribution in [0.4, 0.5) is 5.69 Å². The standard InChI is InChI=1S/C15H20N2O2S/c1-20(18,19)15-4-2-3-14(11-15)17-13-7-5-12(6-8-13)9-10-16/h5-8,14-15,17H,2-4,9,11H2,1H3. The molecule has 108 valence electrons. The van der Waals surface area contributed by atoms with Crippen molar-refractivity contribution in [2.24, 2.45) is 0 Å². The Morgan fingerprint density at radius 1 is 1.30 bits per heavy atom. The molecule has 0 aliphatic heterocycles. The largest absolute Gasteiger partial charge is 0.382 e. The van der Waals surface area contributed by atoms with Gasteiger partial charge in [-0.05, 0) is 37.0 Å². The van der Waals surface area contributed by atoms with E-state index in [9.17, 15) is 8.42 Å². The lowest BCUT2D eigenvalue weighted by atomic mass is 9.94. The van der Waals surface area contributed by atoms with Gasteiger partial charge in [-0.3, -0.25) is 0 Å². The van der Waals surface area contributed by atoms with E-state index < -0.39 is 9.84 Å². The van der Waals surface area contributed by atoms with Gasteiger partial charge in [0.15, 0.2) is 0 Å². The molecule has 1 aliphatic rings. The molecule has 1 N–H and O–H groups in total. The molecule has 0 bridgehead atoms. The predicted octanol–water partition coefficient (Wildman–Crippen LogP) is 2.52. The second kappa shape index (κ2) is 6.27. The Morgan fingerprint density at radius 2 is 2.00 bits per heavy atom. The Kier molecular flexibility index (Phi) is 4.66. The van der Waals surface area contributed by atoms with Crippen molar-refractivity contribution in [1.82, 2.24) is 0 Å². The highest BCUT2D eigenvalue weighted by Crippen LogP contribution is 2.26. The van der Waals surface area contributed by atoms with Crippen molar-refractivity contribution in [3.63, 3.8) is 0 Å². The third-order valence-electron chi connectivity index (χ3n) is 3.84. The maximum atomic E-state index is 11.6. The van der Waals surface area contributed by atoms with Crippen molar-refractivity contribution in [2.75, 3.05) is 11.6 Å². The van der Waals surface area contributed by atoms with Gasteiger partial charge < -0.3 is 5.32 Å². The van der Waals surface area contributed by atoms with Gasteiger partial charge in [0, 0.05) is 18.0 Å². The van der Waals surface area contributed by atoms with Crippen LogP contribution in [0.1, 0.15) is 31.2 Å². The van der Waals surface area contributed by atoms with Gasteiger partial charge in [0.1, 0.15) is 9.84 Å². The van der Waals surface area contributed by atoms with Crippen LogP contribution in [0.15, 0.2) is 24.3 Å². The first-order chi connectivity index (χ1) is 9.49. The summed E-state index contributed by atoms with van der Waals surface area (Å²) in [5, 5.41) is 11.8. The molecule has 0 aromatic heterocycles. The molecule has 0 spiro atoms. The summed E-state index contributed by atoms with van der Waals surface area (Å²) in [4.78, 5) is 0. The molecule has 0 heterocycles. The highest BCUT2D eigenvalue weighted by Gasteiger charge is 2.28. The van der Waals surface area contributed by atoms with Gasteiger partial charge in [-0.1, -0.05) is 18.6 Å². The van der Waals surface area contributed by atoms with Crippen molar-refractivity contribution >= 4 is 15.5 Å². The predicted molar refractivity (Wildman–Crippen MR) is 80.3 cm³/mol. The van der Waals surface area contributed by atoms with E-state index in [-0.39, 0.29) is 11.3 Å². The lowest BCUT2D eigenvalue weighted by Gasteiger charge is -2.29. The number of hydrogen-bond acceptors (Lipinski definition) is 4. The third-order valence-corrected chi connectivity index (χ3v) is 5.48. The van der Waals surface area contributed by atoms with Gasteiger partial charge in [-0.25, -0.2) is 8.42 Å². The topological polar surface area (TPSA) is 70.0 Å². The lowest BCUT2D eigenvalue weighted by molar-refractivity contribution is 0.453. The molecular formula is C15H20N2O2S. The SMILES string of the molecule is CS(=O)(=O)C1CCCC(Nc2ccc(CC#N)cc2)C1. The molecule has 2 atom stereocenters. The summed E-state index contributed by atoms with van der Waals surface area (Å²) in [6.07, 6.45) is 5.15. The summed E-state index contributed by atoms with van der Waals surface area (Å²) in [5.74, 6) is 0. The molecule has 0 saturated heterocycles. The van der Waals surface area contributed by atoms with Crippen LogP contribution in [-0.2, 0) is 16.3 Å². The second-order valence-corrected chi connectivity index (χ2v) is 7.82. The molecule has 1 aromatic carbocycles. The summed E-state index contributed by atoms with van der Waals surface area (Å²) in [6, 6.07) is 10.1. The van der Waals surface area contributed by atoms with Crippen molar-refractivity contribution in [3.05, 3.63) is 29.8 Å². The molecule has 1 aromatic rings. The maximum Gasteiger partial charge on any atom is 0.150 e. The van der Waals surface area contributed by atoms with Crippen molar-refractivity contribution < 1.29 is 8.42 Å². The Balaban J connectivity index is 1.97. The monoisotopic (exact) mass is 292 g/mol. The summed E-state index contributed by atoms with van der Waals surface area (Å²) < 4.78 is 23.3. The minimum absolute atomic E-state index is 0.213. The van der Waals surface area contributed by atoms with Crippen LogP contribution in [0.2, 0.25) is 0 Å². The number of benzene rings is 1. The van der Waals surface area contributed by atoms with Crippen LogP contribution in [0, 0.1) is 11.3 Å². The third kappa shape index (κ3) is 3.97. The first kappa shape index (κ1) is 14.9. The number of sulfone groups is 1. The zero-order valence-corrected chi connectivity index (χ0v) is 12.5. The number of hydrogen-bond donors (Lipinski definition) is 1. The molecule has 0 amide bonds. The highest BCUT2D eigenvalue weighted by molar-refractivity contribution is 7.91. The Morgan fingerprint density at radius 3 is 2.60 bits per heavy atom. The van der Waals surface area contributed by atoms with Gasteiger partial charge in [-0.15, -0.1) is 0 Å². The quantitative estimate of drug-likeness (QED) is 0.925. The van der Waals surface area contributed by atoms with Gasteiger partial charge in [0.05, 0.1) is 17.7 Å². The maximum absolute atomic E-state index is 11.6. The van der Waals surface area contributed by atoms with Crippen molar-refractivity contribution in [1.29, 1.82) is 5.26 Å². The van der Waals surface area contributed by atoms with E-state index in [2.05, 4.69) is 11.4 Å². The van der Waals surface area contributed by atoms with E-state index in [1.165, 1.54) is 6.26 Å². The van der Waals surface area contributed by atoms with Crippen molar-refractivity contribution in [3.8, 4) is 6.07 Å². The van der Waals surface area contributed by atoms with Crippen LogP contribution < -0.4 is 5.32 Å². The zero-order valence-electron chi connectivity index (χ0n) is 11.7. The molecule has 2 unspecified atom stereocenters. The Labute approximate surface area is 120 Å². The Hall–Kier alpha value is -1.54. The second-order valence-electron chi connectivity index (χ2n) is 5.49. The van der Waals surface area contributed by atoms with E-state index in [1.54, 1.807) is 0 Å². The number of nitrogens with one attached hydrogen (secondary N) is 1. The molecule has 1 saturated carbocycles. The van der Waals surface area contributed by atoms with E-state index in [1.807, 2.05) is 24.3 Å². The van der Waals surface area contributed by atoms with E-state index in [0.717, 1.165) is 30.5 Å². The number of anilines is 1. The van der Waals surface area contributed by atoms with Crippen LogP contribution in [-0.4, -0.2) is 26.0 Å². The molecule has 0 radical (unpaired) electrons. The van der Waals surface area contributed by atoms with Crippen molar-refractivity contribution in [2.45, 2.75) is 43.4 Å². The minimum Gasteiger partial charge on any atom is -0.382 e. The fraction of sp³-hybridized carbons (Fsp3) is 0.533. The summed E-state index contributed by atoms with van der Waals surface area (Å²) in [7, 11) is -2.94. The van der Waals surface area contributed by atoms with Crippen LogP contribution in [0.5, 0.6) is 0 Å². The number of nitriles is 1. The van der Waals surface area contributed by atoms with E-state index in [4.69, 9.17) is 5.26 Å². The molecular weight excluding hydrogens is 272 g/mol. The smallest absolute Gasteiger partial charge is 0.150 e. The minimum atomic E-state index is -2.94. The molecule has 1 aliphatic carbocycles. The lowest BCUT2D eigenvalue weighted by Crippen LogP contribution is -2.34. The summed E-state index contributed by atoms with van der Waals surface area (Å²) >= 11 is 0. The fourth-order valence-electron chi connectivity index (χ4n) is 2.71. The average Bonchev–Trinajstić information content (AvgIpc) is 2.41. The Bertz CT molecular complexity index is 587.